The quantitative estimate of drug-likeness (QED) is 0.808. The highest BCUT2D eigenvalue weighted by molar-refractivity contribution is 14.1. The Morgan fingerprint density at radius 3 is 2.74 bits per heavy atom. The largest absolute Gasteiger partial charge is 0.330 e. The summed E-state index contributed by atoms with van der Waals surface area (Å²) in [6, 6.07) is 6.01. The number of halogens is 2. The standard InChI is InChI=1S/C14H17ClIN3/c1-9(2)11(6-17)14-7-18-8-19(14)13-4-3-10(16)5-12(13)15/h3-5,7-9,11H,6,17H2,1-2H3. The average molecular weight is 390 g/mol. The third-order valence-electron chi connectivity index (χ3n) is 3.27. The number of imidazole rings is 1. The highest BCUT2D eigenvalue weighted by Gasteiger charge is 2.19. The molecule has 0 aliphatic rings. The zero-order valence-corrected chi connectivity index (χ0v) is 13.9. The normalized spacial score (nSPS) is 12.9. The zero-order valence-electron chi connectivity index (χ0n) is 11.0. The predicted molar refractivity (Wildman–Crippen MR) is 87.9 cm³/mol. The minimum Gasteiger partial charge on any atom is -0.330 e. The highest BCUT2D eigenvalue weighted by Crippen LogP contribution is 2.29. The SMILES string of the molecule is CC(C)C(CN)c1cncn1-c1ccc(I)cc1Cl. The van der Waals surface area contributed by atoms with Crippen molar-refractivity contribution in [2.75, 3.05) is 6.54 Å². The monoisotopic (exact) mass is 389 g/mol. The molecular weight excluding hydrogens is 373 g/mol. The summed E-state index contributed by atoms with van der Waals surface area (Å²) in [5.74, 6) is 0.737. The first kappa shape index (κ1) is 14.8. The van der Waals surface area contributed by atoms with Gasteiger partial charge in [-0.2, -0.15) is 0 Å². The van der Waals surface area contributed by atoms with Crippen LogP contribution in [0.1, 0.15) is 25.5 Å². The van der Waals surface area contributed by atoms with E-state index in [0.717, 1.165) is 20.0 Å². The Bertz CT molecular complexity index is 566. The average Bonchev–Trinajstić information content (AvgIpc) is 2.78. The maximum atomic E-state index is 6.34. The number of benzene rings is 1. The summed E-state index contributed by atoms with van der Waals surface area (Å²) >= 11 is 8.59. The molecule has 2 rings (SSSR count). The molecule has 0 amide bonds. The summed E-state index contributed by atoms with van der Waals surface area (Å²) < 4.78 is 3.16. The van der Waals surface area contributed by atoms with Crippen LogP contribution in [0.5, 0.6) is 0 Å². The number of nitrogens with zero attached hydrogens (tertiary/aromatic N) is 2. The van der Waals surface area contributed by atoms with E-state index >= 15 is 0 Å². The third-order valence-corrected chi connectivity index (χ3v) is 4.25. The van der Waals surface area contributed by atoms with E-state index in [-0.39, 0.29) is 5.92 Å². The van der Waals surface area contributed by atoms with Crippen molar-refractivity contribution in [2.45, 2.75) is 19.8 Å². The van der Waals surface area contributed by atoms with E-state index in [0.29, 0.717) is 12.5 Å². The van der Waals surface area contributed by atoms with Crippen molar-refractivity contribution in [3.63, 3.8) is 0 Å². The van der Waals surface area contributed by atoms with Gasteiger partial charge in [-0.3, -0.25) is 0 Å². The van der Waals surface area contributed by atoms with Gasteiger partial charge in [-0.05, 0) is 46.7 Å². The fraction of sp³-hybridized carbons (Fsp3) is 0.357. The molecule has 0 bridgehead atoms. The molecule has 3 nitrogen and oxygen atoms in total. The molecule has 1 unspecified atom stereocenters. The van der Waals surface area contributed by atoms with Crippen LogP contribution < -0.4 is 5.73 Å². The summed E-state index contributed by atoms with van der Waals surface area (Å²) in [6.07, 6.45) is 3.68. The first-order valence-corrected chi connectivity index (χ1v) is 7.68. The van der Waals surface area contributed by atoms with Gasteiger partial charge < -0.3 is 10.3 Å². The number of aromatic nitrogens is 2. The van der Waals surface area contributed by atoms with Crippen LogP contribution in [0.3, 0.4) is 0 Å². The van der Waals surface area contributed by atoms with E-state index in [1.807, 2.05) is 29.0 Å². The van der Waals surface area contributed by atoms with Crippen LogP contribution in [0.2, 0.25) is 5.02 Å². The van der Waals surface area contributed by atoms with E-state index in [2.05, 4.69) is 41.4 Å². The summed E-state index contributed by atoms with van der Waals surface area (Å²) in [6.45, 7) is 4.94. The van der Waals surface area contributed by atoms with E-state index < -0.39 is 0 Å². The minimum absolute atomic E-state index is 0.276. The maximum Gasteiger partial charge on any atom is 0.0994 e. The molecule has 0 aliphatic heterocycles. The van der Waals surface area contributed by atoms with Gasteiger partial charge >= 0.3 is 0 Å². The van der Waals surface area contributed by atoms with Crippen molar-refractivity contribution in [1.82, 2.24) is 9.55 Å². The second-order valence-corrected chi connectivity index (χ2v) is 6.52. The second-order valence-electron chi connectivity index (χ2n) is 4.87. The van der Waals surface area contributed by atoms with Crippen LogP contribution in [0.25, 0.3) is 5.69 Å². The molecule has 2 aromatic rings. The Hall–Kier alpha value is -0.590. The Kier molecular flexibility index (Phi) is 4.86. The molecule has 0 spiro atoms. The van der Waals surface area contributed by atoms with Crippen molar-refractivity contribution in [1.29, 1.82) is 0 Å². The number of rotatable bonds is 4. The molecule has 0 aliphatic carbocycles. The zero-order chi connectivity index (χ0) is 14.0. The topological polar surface area (TPSA) is 43.8 Å². The van der Waals surface area contributed by atoms with Crippen molar-refractivity contribution in [3.05, 3.63) is 45.0 Å². The number of hydrogen-bond acceptors (Lipinski definition) is 2. The van der Waals surface area contributed by atoms with Crippen LogP contribution in [-0.2, 0) is 0 Å². The Labute approximate surface area is 132 Å². The molecule has 1 heterocycles. The van der Waals surface area contributed by atoms with Crippen LogP contribution in [-0.4, -0.2) is 16.1 Å². The Morgan fingerprint density at radius 2 is 2.16 bits per heavy atom. The predicted octanol–water partition coefficient (Wildman–Crippen LogP) is 3.83. The lowest BCUT2D eigenvalue weighted by Gasteiger charge is -2.21. The van der Waals surface area contributed by atoms with Gasteiger partial charge in [0.2, 0.25) is 0 Å². The Balaban J connectivity index is 2.49. The second kappa shape index (κ2) is 6.24. The Morgan fingerprint density at radius 1 is 1.42 bits per heavy atom. The van der Waals surface area contributed by atoms with Gasteiger partial charge in [-0.25, -0.2) is 4.98 Å². The third kappa shape index (κ3) is 3.12. The first-order valence-electron chi connectivity index (χ1n) is 6.22. The molecule has 102 valence electrons. The molecule has 2 N–H and O–H groups in total. The lowest BCUT2D eigenvalue weighted by atomic mass is 9.93. The van der Waals surface area contributed by atoms with E-state index in [1.165, 1.54) is 0 Å². The fourth-order valence-corrected chi connectivity index (χ4v) is 3.14. The van der Waals surface area contributed by atoms with Crippen molar-refractivity contribution >= 4 is 34.2 Å². The van der Waals surface area contributed by atoms with Gasteiger partial charge in [0.15, 0.2) is 0 Å². The molecule has 1 aromatic carbocycles. The van der Waals surface area contributed by atoms with Crippen LogP contribution in [0, 0.1) is 9.49 Å². The van der Waals surface area contributed by atoms with Crippen LogP contribution in [0.4, 0.5) is 0 Å². The highest BCUT2D eigenvalue weighted by atomic mass is 127. The van der Waals surface area contributed by atoms with Gasteiger partial charge in [0.05, 0.1) is 17.0 Å². The molecular formula is C14H17ClIN3. The van der Waals surface area contributed by atoms with Gasteiger partial charge in [0.25, 0.3) is 0 Å². The van der Waals surface area contributed by atoms with E-state index in [1.54, 1.807) is 6.33 Å². The summed E-state index contributed by atoms with van der Waals surface area (Å²) in [4.78, 5) is 4.26. The molecule has 0 saturated carbocycles. The van der Waals surface area contributed by atoms with Crippen LogP contribution >= 0.6 is 34.2 Å². The van der Waals surface area contributed by atoms with Crippen LogP contribution in [0.15, 0.2) is 30.7 Å². The molecule has 0 saturated heterocycles. The first-order chi connectivity index (χ1) is 9.04. The number of nitrogens with two attached hydrogens (primary N) is 1. The smallest absolute Gasteiger partial charge is 0.0994 e. The van der Waals surface area contributed by atoms with E-state index in [9.17, 15) is 0 Å². The fourth-order valence-electron chi connectivity index (χ4n) is 2.19. The number of hydrogen-bond donors (Lipinski definition) is 1. The summed E-state index contributed by atoms with van der Waals surface area (Å²) in [5, 5.41) is 0.727. The summed E-state index contributed by atoms with van der Waals surface area (Å²) in [7, 11) is 0. The molecule has 1 atom stereocenters. The lowest BCUT2D eigenvalue weighted by Crippen LogP contribution is -2.20. The molecule has 19 heavy (non-hydrogen) atoms. The van der Waals surface area contributed by atoms with Crippen molar-refractivity contribution < 1.29 is 0 Å². The maximum absolute atomic E-state index is 6.34. The van der Waals surface area contributed by atoms with Crippen molar-refractivity contribution in [2.24, 2.45) is 11.7 Å². The van der Waals surface area contributed by atoms with E-state index in [4.69, 9.17) is 17.3 Å². The molecule has 5 heteroatoms. The van der Waals surface area contributed by atoms with Gasteiger partial charge in [-0.1, -0.05) is 25.4 Å². The van der Waals surface area contributed by atoms with Gasteiger partial charge in [-0.15, -0.1) is 0 Å². The van der Waals surface area contributed by atoms with Crippen molar-refractivity contribution in [3.8, 4) is 5.69 Å². The minimum atomic E-state index is 0.276. The van der Waals surface area contributed by atoms with Gasteiger partial charge in [0, 0.05) is 27.9 Å². The summed E-state index contributed by atoms with van der Waals surface area (Å²) in [5.41, 5.74) is 7.96. The molecule has 0 radical (unpaired) electrons. The molecule has 0 fully saturated rings. The van der Waals surface area contributed by atoms with Gasteiger partial charge in [0.1, 0.15) is 0 Å². The lowest BCUT2D eigenvalue weighted by molar-refractivity contribution is 0.490. The molecule has 1 aromatic heterocycles.